The highest BCUT2D eigenvalue weighted by Gasteiger charge is 2.09. The summed E-state index contributed by atoms with van der Waals surface area (Å²) in [5.41, 5.74) is 0. The Hall–Kier alpha value is 0.0300. The van der Waals surface area contributed by atoms with Crippen LogP contribution in [0.1, 0.15) is 20.3 Å². The third-order valence-electron chi connectivity index (χ3n) is 3.03. The second kappa shape index (κ2) is 11.8. The molecular formula is C13H28ClN3OS. The SMILES string of the molecule is CC(C)CCSCC(=O)NCCN1CCNCC1.Cl. The summed E-state index contributed by atoms with van der Waals surface area (Å²) in [5, 5.41) is 6.32. The number of thioether (sulfide) groups is 1. The number of hydrogen-bond acceptors (Lipinski definition) is 4. The fraction of sp³-hybridized carbons (Fsp3) is 0.923. The van der Waals surface area contributed by atoms with Crippen LogP contribution in [0.4, 0.5) is 0 Å². The smallest absolute Gasteiger partial charge is 0.230 e. The first-order valence-corrected chi connectivity index (χ1v) is 8.11. The van der Waals surface area contributed by atoms with Gasteiger partial charge in [0, 0.05) is 39.3 Å². The van der Waals surface area contributed by atoms with Gasteiger partial charge in [0.2, 0.25) is 5.91 Å². The Morgan fingerprint density at radius 1 is 1.37 bits per heavy atom. The van der Waals surface area contributed by atoms with E-state index in [-0.39, 0.29) is 18.3 Å². The van der Waals surface area contributed by atoms with E-state index in [0.717, 1.165) is 50.9 Å². The van der Waals surface area contributed by atoms with E-state index in [1.54, 1.807) is 11.8 Å². The van der Waals surface area contributed by atoms with E-state index < -0.39 is 0 Å². The van der Waals surface area contributed by atoms with Gasteiger partial charge in [-0.1, -0.05) is 13.8 Å². The maximum absolute atomic E-state index is 11.6. The highest BCUT2D eigenvalue weighted by atomic mass is 35.5. The zero-order valence-corrected chi connectivity index (χ0v) is 13.7. The fourth-order valence-corrected chi connectivity index (χ4v) is 2.89. The van der Waals surface area contributed by atoms with Crippen molar-refractivity contribution in [2.45, 2.75) is 20.3 Å². The van der Waals surface area contributed by atoms with Gasteiger partial charge in [-0.05, 0) is 18.1 Å². The third kappa shape index (κ3) is 10.5. The van der Waals surface area contributed by atoms with Crippen molar-refractivity contribution in [1.82, 2.24) is 15.5 Å². The standard InChI is InChI=1S/C13H27N3OS.ClH/c1-12(2)3-10-18-11-13(17)15-6-9-16-7-4-14-5-8-16;/h12,14H,3-11H2,1-2H3,(H,15,17);1H. The summed E-state index contributed by atoms with van der Waals surface area (Å²) in [5.74, 6) is 2.60. The van der Waals surface area contributed by atoms with Crippen LogP contribution in [0.5, 0.6) is 0 Å². The summed E-state index contributed by atoms with van der Waals surface area (Å²) in [6.45, 7) is 10.5. The Bertz CT molecular complexity index is 236. The largest absolute Gasteiger partial charge is 0.354 e. The number of nitrogens with one attached hydrogen (secondary N) is 2. The van der Waals surface area contributed by atoms with Gasteiger partial charge in [0.25, 0.3) is 0 Å². The molecule has 1 amide bonds. The zero-order valence-electron chi connectivity index (χ0n) is 12.1. The Balaban J connectivity index is 0.00000324. The van der Waals surface area contributed by atoms with Crippen molar-refractivity contribution in [2.75, 3.05) is 50.8 Å². The lowest BCUT2D eigenvalue weighted by atomic mass is 10.2. The van der Waals surface area contributed by atoms with Crippen molar-refractivity contribution in [3.63, 3.8) is 0 Å². The van der Waals surface area contributed by atoms with Gasteiger partial charge in [-0.3, -0.25) is 9.69 Å². The maximum atomic E-state index is 11.6. The second-order valence-electron chi connectivity index (χ2n) is 5.18. The summed E-state index contributed by atoms with van der Waals surface area (Å²) in [7, 11) is 0. The molecule has 0 aromatic rings. The third-order valence-corrected chi connectivity index (χ3v) is 4.02. The van der Waals surface area contributed by atoms with E-state index in [4.69, 9.17) is 0 Å². The van der Waals surface area contributed by atoms with Gasteiger partial charge in [0.05, 0.1) is 5.75 Å². The molecule has 6 heteroatoms. The quantitative estimate of drug-likeness (QED) is 0.662. The van der Waals surface area contributed by atoms with Gasteiger partial charge >= 0.3 is 0 Å². The zero-order chi connectivity index (χ0) is 13.2. The molecule has 1 fully saturated rings. The minimum absolute atomic E-state index is 0. The molecule has 2 N–H and O–H groups in total. The molecule has 1 heterocycles. The van der Waals surface area contributed by atoms with Crippen LogP contribution < -0.4 is 10.6 Å². The molecule has 0 saturated carbocycles. The Kier molecular flexibility index (Phi) is 11.8. The molecule has 0 aliphatic carbocycles. The van der Waals surface area contributed by atoms with E-state index in [1.165, 1.54) is 6.42 Å². The van der Waals surface area contributed by atoms with Gasteiger partial charge in [-0.25, -0.2) is 0 Å². The molecule has 0 bridgehead atoms. The number of carbonyl (C=O) groups is 1. The topological polar surface area (TPSA) is 44.4 Å². The molecule has 0 spiro atoms. The molecule has 114 valence electrons. The van der Waals surface area contributed by atoms with Crippen LogP contribution in [-0.4, -0.2) is 61.6 Å². The number of hydrogen-bond donors (Lipinski definition) is 2. The number of amides is 1. The Labute approximate surface area is 127 Å². The monoisotopic (exact) mass is 309 g/mol. The fourth-order valence-electron chi connectivity index (χ4n) is 1.82. The summed E-state index contributed by atoms with van der Waals surface area (Å²) < 4.78 is 0. The van der Waals surface area contributed by atoms with E-state index >= 15 is 0 Å². The van der Waals surface area contributed by atoms with E-state index in [0.29, 0.717) is 5.75 Å². The molecular weight excluding hydrogens is 282 g/mol. The first-order valence-electron chi connectivity index (χ1n) is 6.96. The molecule has 0 radical (unpaired) electrons. The van der Waals surface area contributed by atoms with Crippen LogP contribution in [0.25, 0.3) is 0 Å². The lowest BCUT2D eigenvalue weighted by Gasteiger charge is -2.27. The number of nitrogens with zero attached hydrogens (tertiary/aromatic N) is 1. The summed E-state index contributed by atoms with van der Waals surface area (Å²) in [4.78, 5) is 14.0. The molecule has 0 atom stereocenters. The lowest BCUT2D eigenvalue weighted by molar-refractivity contribution is -0.118. The van der Waals surface area contributed by atoms with Crippen molar-refractivity contribution in [2.24, 2.45) is 5.92 Å². The average molecular weight is 310 g/mol. The average Bonchev–Trinajstić information content (AvgIpc) is 2.36. The van der Waals surface area contributed by atoms with Crippen LogP contribution >= 0.6 is 24.2 Å². The minimum atomic E-state index is 0. The van der Waals surface area contributed by atoms with E-state index in [2.05, 4.69) is 29.4 Å². The van der Waals surface area contributed by atoms with Crippen molar-refractivity contribution >= 4 is 30.1 Å². The Morgan fingerprint density at radius 3 is 2.68 bits per heavy atom. The molecule has 4 nitrogen and oxygen atoms in total. The molecule has 1 aliphatic rings. The number of carbonyl (C=O) groups excluding carboxylic acids is 1. The van der Waals surface area contributed by atoms with Gasteiger partial charge < -0.3 is 10.6 Å². The highest BCUT2D eigenvalue weighted by molar-refractivity contribution is 7.99. The Morgan fingerprint density at radius 2 is 2.05 bits per heavy atom. The molecule has 1 aliphatic heterocycles. The van der Waals surface area contributed by atoms with Gasteiger partial charge in [-0.2, -0.15) is 11.8 Å². The lowest BCUT2D eigenvalue weighted by Crippen LogP contribution is -2.46. The number of halogens is 1. The van der Waals surface area contributed by atoms with Crippen LogP contribution in [-0.2, 0) is 4.79 Å². The van der Waals surface area contributed by atoms with Crippen molar-refractivity contribution < 1.29 is 4.79 Å². The minimum Gasteiger partial charge on any atom is -0.354 e. The van der Waals surface area contributed by atoms with E-state index in [1.807, 2.05) is 0 Å². The predicted molar refractivity (Wildman–Crippen MR) is 86.3 cm³/mol. The molecule has 1 saturated heterocycles. The normalized spacial score (nSPS) is 16.2. The number of piperazine rings is 1. The molecule has 19 heavy (non-hydrogen) atoms. The number of rotatable bonds is 8. The van der Waals surface area contributed by atoms with Gasteiger partial charge in [0.1, 0.15) is 0 Å². The first kappa shape index (κ1) is 19.0. The predicted octanol–water partition coefficient (Wildman–Crippen LogP) is 1.21. The van der Waals surface area contributed by atoms with Crippen LogP contribution in [0.3, 0.4) is 0 Å². The van der Waals surface area contributed by atoms with Gasteiger partial charge in [0.15, 0.2) is 0 Å². The van der Waals surface area contributed by atoms with Crippen LogP contribution in [0.15, 0.2) is 0 Å². The van der Waals surface area contributed by atoms with Crippen molar-refractivity contribution in [1.29, 1.82) is 0 Å². The van der Waals surface area contributed by atoms with Crippen molar-refractivity contribution in [3.05, 3.63) is 0 Å². The van der Waals surface area contributed by atoms with Crippen LogP contribution in [0.2, 0.25) is 0 Å². The second-order valence-corrected chi connectivity index (χ2v) is 6.28. The molecule has 0 aromatic carbocycles. The summed E-state index contributed by atoms with van der Waals surface area (Å²) >= 11 is 1.74. The molecule has 1 rings (SSSR count). The van der Waals surface area contributed by atoms with E-state index in [9.17, 15) is 4.79 Å². The van der Waals surface area contributed by atoms with Gasteiger partial charge in [-0.15, -0.1) is 12.4 Å². The highest BCUT2D eigenvalue weighted by Crippen LogP contribution is 2.07. The summed E-state index contributed by atoms with van der Waals surface area (Å²) in [6, 6.07) is 0. The molecule has 0 aromatic heterocycles. The maximum Gasteiger partial charge on any atom is 0.230 e. The van der Waals surface area contributed by atoms with Crippen LogP contribution in [0, 0.1) is 5.92 Å². The first-order chi connectivity index (χ1) is 8.68. The van der Waals surface area contributed by atoms with Crippen molar-refractivity contribution in [3.8, 4) is 0 Å². The summed E-state index contributed by atoms with van der Waals surface area (Å²) in [6.07, 6.45) is 1.19. The molecule has 0 unspecified atom stereocenters.